The topological polar surface area (TPSA) is 54.5 Å². The molecule has 0 saturated carbocycles. The third kappa shape index (κ3) is 5.04. The summed E-state index contributed by atoms with van der Waals surface area (Å²) in [6.45, 7) is 5.63. The van der Waals surface area contributed by atoms with Crippen molar-refractivity contribution in [2.45, 2.75) is 13.5 Å². The van der Waals surface area contributed by atoms with Gasteiger partial charge in [0.05, 0.1) is 13.2 Å². The van der Waals surface area contributed by atoms with Gasteiger partial charge >= 0.3 is 0 Å². The van der Waals surface area contributed by atoms with Gasteiger partial charge < -0.3 is 15.0 Å². The van der Waals surface area contributed by atoms with E-state index < -0.39 is 0 Å². The van der Waals surface area contributed by atoms with E-state index in [1.54, 1.807) is 12.3 Å². The molecule has 1 aromatic heterocycles. The quantitative estimate of drug-likeness (QED) is 0.661. The van der Waals surface area contributed by atoms with Crippen molar-refractivity contribution in [1.82, 2.24) is 10.3 Å². The number of hydrogen-bond donors (Lipinski definition) is 1. The van der Waals surface area contributed by atoms with Crippen molar-refractivity contribution in [2.24, 2.45) is 0 Å². The molecule has 5 nitrogen and oxygen atoms in total. The minimum absolute atomic E-state index is 0.106. The van der Waals surface area contributed by atoms with Crippen LogP contribution in [0.15, 0.2) is 42.6 Å². The average molecular weight is 287 g/mol. The third-order valence-electron chi connectivity index (χ3n) is 3.16. The number of carbonyl (C=O) groups excluding carboxylic acids is 1. The molecule has 2 heterocycles. The number of ether oxygens (including phenoxy) is 1. The van der Waals surface area contributed by atoms with Gasteiger partial charge in [0, 0.05) is 31.9 Å². The molecule has 1 fully saturated rings. The van der Waals surface area contributed by atoms with Crippen molar-refractivity contribution in [3.05, 3.63) is 48.2 Å². The summed E-state index contributed by atoms with van der Waals surface area (Å²) in [4.78, 5) is 18.2. The Morgan fingerprint density at radius 1 is 1.38 bits per heavy atom. The summed E-state index contributed by atoms with van der Waals surface area (Å²) in [5, 5.41) is 2.82. The normalized spacial score (nSPS) is 15.8. The molecule has 1 aliphatic rings. The van der Waals surface area contributed by atoms with Crippen molar-refractivity contribution in [2.75, 3.05) is 31.2 Å². The van der Waals surface area contributed by atoms with Crippen molar-refractivity contribution in [1.29, 1.82) is 0 Å². The van der Waals surface area contributed by atoms with E-state index in [4.69, 9.17) is 4.74 Å². The number of morpholine rings is 1. The Balaban J connectivity index is 1.83. The van der Waals surface area contributed by atoms with Crippen molar-refractivity contribution >= 4 is 11.7 Å². The highest BCUT2D eigenvalue weighted by atomic mass is 16.5. The van der Waals surface area contributed by atoms with E-state index >= 15 is 0 Å². The molecule has 0 unspecified atom stereocenters. The lowest BCUT2D eigenvalue weighted by Gasteiger charge is -2.27. The second kappa shape index (κ2) is 8.21. The van der Waals surface area contributed by atoms with Gasteiger partial charge in [-0.25, -0.2) is 4.98 Å². The summed E-state index contributed by atoms with van der Waals surface area (Å²) in [5.41, 5.74) is 0.986. The van der Waals surface area contributed by atoms with E-state index in [0.29, 0.717) is 6.54 Å². The first kappa shape index (κ1) is 15.3. The SMILES string of the molecule is CC=CC=CC(=O)NCc1ccc(N2CCOCC2)nc1. The smallest absolute Gasteiger partial charge is 0.244 e. The van der Waals surface area contributed by atoms with Crippen LogP contribution in [0.25, 0.3) is 0 Å². The van der Waals surface area contributed by atoms with Crippen molar-refractivity contribution < 1.29 is 9.53 Å². The van der Waals surface area contributed by atoms with Crippen LogP contribution in [-0.4, -0.2) is 37.2 Å². The maximum absolute atomic E-state index is 11.5. The highest BCUT2D eigenvalue weighted by molar-refractivity contribution is 5.87. The monoisotopic (exact) mass is 287 g/mol. The minimum atomic E-state index is -0.106. The lowest BCUT2D eigenvalue weighted by Crippen LogP contribution is -2.36. The first-order valence-electron chi connectivity index (χ1n) is 7.14. The fraction of sp³-hybridized carbons (Fsp3) is 0.375. The average Bonchev–Trinajstić information content (AvgIpc) is 2.54. The molecule has 21 heavy (non-hydrogen) atoms. The second-order valence-corrected chi connectivity index (χ2v) is 4.73. The Morgan fingerprint density at radius 3 is 2.86 bits per heavy atom. The van der Waals surface area contributed by atoms with Crippen LogP contribution in [0.3, 0.4) is 0 Å². The van der Waals surface area contributed by atoms with Crippen LogP contribution in [0.2, 0.25) is 0 Å². The number of amides is 1. The van der Waals surface area contributed by atoms with Crippen LogP contribution in [0.4, 0.5) is 5.82 Å². The predicted octanol–water partition coefficient (Wildman–Crippen LogP) is 1.67. The van der Waals surface area contributed by atoms with Crippen LogP contribution >= 0.6 is 0 Å². The Kier molecular flexibility index (Phi) is 5.97. The van der Waals surface area contributed by atoms with Crippen molar-refractivity contribution in [3.8, 4) is 0 Å². The van der Waals surface area contributed by atoms with E-state index in [-0.39, 0.29) is 5.91 Å². The lowest BCUT2D eigenvalue weighted by atomic mass is 10.2. The zero-order chi connectivity index (χ0) is 14.9. The molecule has 112 valence electrons. The third-order valence-corrected chi connectivity index (χ3v) is 3.16. The summed E-state index contributed by atoms with van der Waals surface area (Å²) >= 11 is 0. The van der Waals surface area contributed by atoms with Gasteiger partial charge in [-0.2, -0.15) is 0 Å². The Bertz CT molecular complexity index is 503. The minimum Gasteiger partial charge on any atom is -0.378 e. The lowest BCUT2D eigenvalue weighted by molar-refractivity contribution is -0.116. The number of nitrogens with zero attached hydrogens (tertiary/aromatic N) is 2. The fourth-order valence-corrected chi connectivity index (χ4v) is 2.00. The van der Waals surface area contributed by atoms with E-state index in [2.05, 4.69) is 15.2 Å². The number of hydrogen-bond acceptors (Lipinski definition) is 4. The molecule has 1 N–H and O–H groups in total. The molecule has 0 radical (unpaired) electrons. The number of carbonyl (C=O) groups is 1. The van der Waals surface area contributed by atoms with Crippen LogP contribution in [0.1, 0.15) is 12.5 Å². The van der Waals surface area contributed by atoms with Gasteiger partial charge in [-0.15, -0.1) is 0 Å². The highest BCUT2D eigenvalue weighted by Gasteiger charge is 2.11. The van der Waals surface area contributed by atoms with E-state index in [0.717, 1.165) is 37.7 Å². The predicted molar refractivity (Wildman–Crippen MR) is 83.1 cm³/mol. The maximum Gasteiger partial charge on any atom is 0.244 e. The largest absolute Gasteiger partial charge is 0.378 e. The second-order valence-electron chi connectivity index (χ2n) is 4.73. The van der Waals surface area contributed by atoms with Crippen molar-refractivity contribution in [3.63, 3.8) is 0 Å². The molecule has 0 atom stereocenters. The number of pyridine rings is 1. The number of rotatable bonds is 5. The Morgan fingerprint density at radius 2 is 2.19 bits per heavy atom. The number of allylic oxidation sites excluding steroid dienone is 3. The van der Waals surface area contributed by atoms with Gasteiger partial charge in [-0.1, -0.05) is 24.3 Å². The molecule has 1 saturated heterocycles. The molecular weight excluding hydrogens is 266 g/mol. The molecule has 1 aliphatic heterocycles. The van der Waals surface area contributed by atoms with Crippen LogP contribution in [-0.2, 0) is 16.1 Å². The van der Waals surface area contributed by atoms with Crippen LogP contribution in [0.5, 0.6) is 0 Å². The van der Waals surface area contributed by atoms with Gasteiger partial charge in [-0.3, -0.25) is 4.79 Å². The summed E-state index contributed by atoms with van der Waals surface area (Å²) in [6, 6.07) is 3.98. The van der Waals surface area contributed by atoms with Gasteiger partial charge in [0.15, 0.2) is 0 Å². The van der Waals surface area contributed by atoms with Gasteiger partial charge in [0.25, 0.3) is 0 Å². The van der Waals surface area contributed by atoms with E-state index in [1.807, 2.05) is 31.2 Å². The van der Waals surface area contributed by atoms with Gasteiger partial charge in [-0.05, 0) is 18.6 Å². The van der Waals surface area contributed by atoms with E-state index in [1.165, 1.54) is 6.08 Å². The molecule has 0 aromatic carbocycles. The zero-order valence-corrected chi connectivity index (χ0v) is 12.3. The molecule has 1 aromatic rings. The first-order valence-corrected chi connectivity index (χ1v) is 7.14. The zero-order valence-electron chi connectivity index (χ0n) is 12.3. The molecule has 1 amide bonds. The first-order chi connectivity index (χ1) is 10.3. The Labute approximate surface area is 125 Å². The molecule has 2 rings (SSSR count). The maximum atomic E-state index is 11.5. The van der Waals surface area contributed by atoms with Gasteiger partial charge in [0.2, 0.25) is 5.91 Å². The van der Waals surface area contributed by atoms with Crippen LogP contribution in [0, 0.1) is 0 Å². The highest BCUT2D eigenvalue weighted by Crippen LogP contribution is 2.12. The fourth-order valence-electron chi connectivity index (χ4n) is 2.00. The van der Waals surface area contributed by atoms with E-state index in [9.17, 15) is 4.79 Å². The molecular formula is C16H21N3O2. The molecule has 0 bridgehead atoms. The van der Waals surface area contributed by atoms with Gasteiger partial charge in [0.1, 0.15) is 5.82 Å². The molecule has 5 heteroatoms. The number of aromatic nitrogens is 1. The summed E-state index contributed by atoms with van der Waals surface area (Å²) < 4.78 is 5.32. The number of nitrogens with one attached hydrogen (secondary N) is 1. The summed E-state index contributed by atoms with van der Waals surface area (Å²) in [5.74, 6) is 0.853. The van der Waals surface area contributed by atoms with Crippen LogP contribution < -0.4 is 10.2 Å². The molecule has 0 spiro atoms. The molecule has 0 aliphatic carbocycles. The Hall–Kier alpha value is -2.14. The number of anilines is 1. The summed E-state index contributed by atoms with van der Waals surface area (Å²) in [7, 11) is 0. The summed E-state index contributed by atoms with van der Waals surface area (Å²) in [6.07, 6.45) is 8.72. The standard InChI is InChI=1S/C16H21N3O2/c1-2-3-4-5-16(20)18-13-14-6-7-15(17-12-14)19-8-10-21-11-9-19/h2-7,12H,8-11,13H2,1H3,(H,18,20).